The number of anilines is 1. The van der Waals surface area contributed by atoms with Crippen LogP contribution in [-0.2, 0) is 0 Å². The molecule has 2 nitrogen and oxygen atoms in total. The van der Waals surface area contributed by atoms with Crippen molar-refractivity contribution in [3.63, 3.8) is 0 Å². The van der Waals surface area contributed by atoms with E-state index < -0.39 is 0 Å². The van der Waals surface area contributed by atoms with Crippen LogP contribution in [-0.4, -0.2) is 19.1 Å². The second-order valence-corrected chi connectivity index (χ2v) is 4.76. The molecule has 0 atom stereocenters. The van der Waals surface area contributed by atoms with Gasteiger partial charge >= 0.3 is 0 Å². The Balaban J connectivity index is 2.75. The number of aryl methyl sites for hydroxylation is 1. The topological polar surface area (TPSA) is 29.3 Å². The first-order valence-electron chi connectivity index (χ1n) is 6.07. The predicted molar refractivity (Wildman–Crippen MR) is 71.9 cm³/mol. The molecule has 0 aromatic heterocycles. The summed E-state index contributed by atoms with van der Waals surface area (Å²) in [5.74, 6) is 0. The third kappa shape index (κ3) is 3.24. The molecule has 2 heteroatoms. The van der Waals surface area contributed by atoms with Gasteiger partial charge in [0.25, 0.3) is 0 Å². The first-order chi connectivity index (χ1) is 7.50. The minimum atomic E-state index is -0.0709. The lowest BCUT2D eigenvalue weighted by Crippen LogP contribution is -2.48. The maximum absolute atomic E-state index is 6.33. The Kier molecular flexibility index (Phi) is 4.36. The molecule has 0 aliphatic heterocycles. The van der Waals surface area contributed by atoms with Crippen LogP contribution < -0.4 is 10.6 Å². The van der Waals surface area contributed by atoms with Gasteiger partial charge in [-0.3, -0.25) is 0 Å². The van der Waals surface area contributed by atoms with Gasteiger partial charge in [-0.2, -0.15) is 0 Å². The fourth-order valence-corrected chi connectivity index (χ4v) is 1.90. The summed E-state index contributed by atoms with van der Waals surface area (Å²) in [5.41, 5.74) is 8.80. The maximum Gasteiger partial charge on any atom is 0.0366 e. The lowest BCUT2D eigenvalue weighted by atomic mass is 9.93. The molecular formula is C14H24N2. The van der Waals surface area contributed by atoms with Crippen LogP contribution in [0, 0.1) is 6.92 Å². The molecule has 0 saturated heterocycles. The van der Waals surface area contributed by atoms with Gasteiger partial charge in [-0.25, -0.2) is 0 Å². The maximum atomic E-state index is 6.33. The summed E-state index contributed by atoms with van der Waals surface area (Å²) >= 11 is 0. The normalized spacial score (nSPS) is 11.6. The third-order valence-electron chi connectivity index (χ3n) is 3.40. The highest BCUT2D eigenvalue weighted by molar-refractivity contribution is 5.48. The molecule has 1 aromatic carbocycles. The Labute approximate surface area is 99.5 Å². The number of nitrogens with zero attached hydrogens (tertiary/aromatic N) is 1. The second kappa shape index (κ2) is 5.35. The number of nitrogens with two attached hydrogens (primary N) is 1. The van der Waals surface area contributed by atoms with Gasteiger partial charge < -0.3 is 10.6 Å². The summed E-state index contributed by atoms with van der Waals surface area (Å²) in [5, 5.41) is 0. The van der Waals surface area contributed by atoms with Crippen LogP contribution in [0.25, 0.3) is 0 Å². The number of likely N-dealkylation sites (N-methyl/N-ethyl adjacent to an activating group) is 1. The van der Waals surface area contributed by atoms with E-state index in [9.17, 15) is 0 Å². The molecule has 0 fully saturated rings. The standard InChI is InChI=1S/C14H24N2/c1-5-14(15,6-2)11-16(4)13-9-7-8-12(3)10-13/h7-10H,5-6,11,15H2,1-4H3. The fraction of sp³-hybridized carbons (Fsp3) is 0.571. The van der Waals surface area contributed by atoms with E-state index in [0.29, 0.717) is 0 Å². The fourth-order valence-electron chi connectivity index (χ4n) is 1.90. The van der Waals surface area contributed by atoms with Crippen LogP contribution in [0.15, 0.2) is 24.3 Å². The molecule has 0 saturated carbocycles. The molecule has 90 valence electrons. The Bertz CT molecular complexity index is 329. The molecule has 0 aliphatic carbocycles. The summed E-state index contributed by atoms with van der Waals surface area (Å²) in [6.07, 6.45) is 2.03. The molecule has 16 heavy (non-hydrogen) atoms. The average Bonchev–Trinajstić information content (AvgIpc) is 2.29. The minimum absolute atomic E-state index is 0.0709. The van der Waals surface area contributed by atoms with E-state index in [1.54, 1.807) is 0 Å². The molecule has 0 unspecified atom stereocenters. The second-order valence-electron chi connectivity index (χ2n) is 4.76. The van der Waals surface area contributed by atoms with E-state index in [0.717, 1.165) is 19.4 Å². The van der Waals surface area contributed by atoms with E-state index in [1.807, 2.05) is 0 Å². The van der Waals surface area contributed by atoms with Crippen molar-refractivity contribution in [3.05, 3.63) is 29.8 Å². The molecule has 1 aromatic rings. The molecule has 2 N–H and O–H groups in total. The van der Waals surface area contributed by atoms with E-state index in [2.05, 4.69) is 57.0 Å². The number of benzene rings is 1. The van der Waals surface area contributed by atoms with Gasteiger partial charge in [0.05, 0.1) is 0 Å². The van der Waals surface area contributed by atoms with Gasteiger partial charge in [-0.15, -0.1) is 0 Å². The Hall–Kier alpha value is -1.02. The molecule has 0 heterocycles. The van der Waals surface area contributed by atoms with Crippen LogP contribution in [0.5, 0.6) is 0 Å². The number of hydrogen-bond acceptors (Lipinski definition) is 2. The van der Waals surface area contributed by atoms with Crippen LogP contribution in [0.1, 0.15) is 32.3 Å². The van der Waals surface area contributed by atoms with E-state index >= 15 is 0 Å². The summed E-state index contributed by atoms with van der Waals surface area (Å²) in [6, 6.07) is 8.55. The summed E-state index contributed by atoms with van der Waals surface area (Å²) in [4.78, 5) is 2.25. The van der Waals surface area contributed by atoms with Crippen molar-refractivity contribution in [2.75, 3.05) is 18.5 Å². The predicted octanol–water partition coefficient (Wildman–Crippen LogP) is 2.95. The van der Waals surface area contributed by atoms with Crippen LogP contribution >= 0.6 is 0 Å². The number of hydrogen-bond donors (Lipinski definition) is 1. The summed E-state index contributed by atoms with van der Waals surface area (Å²) < 4.78 is 0. The van der Waals surface area contributed by atoms with Crippen molar-refractivity contribution in [1.29, 1.82) is 0 Å². The van der Waals surface area contributed by atoms with E-state index in [-0.39, 0.29) is 5.54 Å². The Morgan fingerprint density at radius 2 is 1.88 bits per heavy atom. The molecular weight excluding hydrogens is 196 g/mol. The zero-order chi connectivity index (χ0) is 12.2. The first-order valence-corrected chi connectivity index (χ1v) is 6.07. The van der Waals surface area contributed by atoms with Crippen molar-refractivity contribution in [2.45, 2.75) is 39.2 Å². The largest absolute Gasteiger partial charge is 0.373 e. The van der Waals surface area contributed by atoms with Gasteiger partial charge in [0.15, 0.2) is 0 Å². The van der Waals surface area contributed by atoms with Gasteiger partial charge in [-0.1, -0.05) is 26.0 Å². The van der Waals surface area contributed by atoms with E-state index in [4.69, 9.17) is 5.73 Å². The van der Waals surface area contributed by atoms with Crippen LogP contribution in [0.4, 0.5) is 5.69 Å². The SMILES string of the molecule is CCC(N)(CC)CN(C)c1cccc(C)c1. The highest BCUT2D eigenvalue weighted by Gasteiger charge is 2.22. The van der Waals surface area contributed by atoms with Gasteiger partial charge in [0.1, 0.15) is 0 Å². The van der Waals surface area contributed by atoms with Crippen molar-refractivity contribution in [3.8, 4) is 0 Å². The third-order valence-corrected chi connectivity index (χ3v) is 3.40. The average molecular weight is 220 g/mol. The molecule has 0 amide bonds. The summed E-state index contributed by atoms with van der Waals surface area (Å²) in [6.45, 7) is 7.34. The summed E-state index contributed by atoms with van der Waals surface area (Å²) in [7, 11) is 2.11. The van der Waals surface area contributed by atoms with Gasteiger partial charge in [-0.05, 0) is 37.5 Å². The monoisotopic (exact) mass is 220 g/mol. The molecule has 0 radical (unpaired) electrons. The van der Waals surface area contributed by atoms with Gasteiger partial charge in [0.2, 0.25) is 0 Å². The Morgan fingerprint density at radius 3 is 2.38 bits per heavy atom. The van der Waals surface area contributed by atoms with Crippen LogP contribution in [0.3, 0.4) is 0 Å². The van der Waals surface area contributed by atoms with E-state index in [1.165, 1.54) is 11.3 Å². The smallest absolute Gasteiger partial charge is 0.0366 e. The molecule has 0 aliphatic rings. The van der Waals surface area contributed by atoms with Crippen molar-refractivity contribution in [1.82, 2.24) is 0 Å². The minimum Gasteiger partial charge on any atom is -0.373 e. The lowest BCUT2D eigenvalue weighted by Gasteiger charge is -2.33. The first kappa shape index (κ1) is 13.0. The van der Waals surface area contributed by atoms with Gasteiger partial charge in [0, 0.05) is 24.8 Å². The highest BCUT2D eigenvalue weighted by atomic mass is 15.1. The highest BCUT2D eigenvalue weighted by Crippen LogP contribution is 2.19. The van der Waals surface area contributed by atoms with Crippen molar-refractivity contribution in [2.24, 2.45) is 5.73 Å². The Morgan fingerprint density at radius 1 is 1.25 bits per heavy atom. The van der Waals surface area contributed by atoms with Crippen molar-refractivity contribution < 1.29 is 0 Å². The molecule has 0 bridgehead atoms. The van der Waals surface area contributed by atoms with Crippen molar-refractivity contribution >= 4 is 5.69 Å². The lowest BCUT2D eigenvalue weighted by molar-refractivity contribution is 0.400. The zero-order valence-electron chi connectivity index (χ0n) is 11.0. The quantitative estimate of drug-likeness (QED) is 0.826. The molecule has 0 spiro atoms. The number of rotatable bonds is 5. The zero-order valence-corrected chi connectivity index (χ0v) is 11.0. The van der Waals surface area contributed by atoms with Crippen LogP contribution in [0.2, 0.25) is 0 Å². The molecule has 1 rings (SSSR count).